The lowest BCUT2D eigenvalue weighted by molar-refractivity contribution is -0.255. The molecule has 0 aliphatic carbocycles. The van der Waals surface area contributed by atoms with E-state index in [2.05, 4.69) is 25.3 Å². The van der Waals surface area contributed by atoms with Crippen molar-refractivity contribution >= 4 is 11.8 Å². The van der Waals surface area contributed by atoms with Gasteiger partial charge in [0.05, 0.1) is 11.7 Å². The highest BCUT2D eigenvalue weighted by Gasteiger charge is 2.16. The molecule has 15 heavy (non-hydrogen) atoms. The van der Waals surface area contributed by atoms with Gasteiger partial charge < -0.3 is 15.6 Å². The van der Waals surface area contributed by atoms with Gasteiger partial charge in [-0.2, -0.15) is 4.68 Å². The summed E-state index contributed by atoms with van der Waals surface area (Å²) < 4.78 is 5.46. The standard InChI is InChI=1S/C6H6N6O3/c1-2-3(6(13)14)8-11-12(2)5-4(7)9-15-10-5/h1H3,(H2,7,9)(H,13,14)/p-1. The van der Waals surface area contributed by atoms with Crippen LogP contribution in [0.2, 0.25) is 0 Å². The number of carboxylic acids is 1. The molecular weight excluding hydrogens is 204 g/mol. The van der Waals surface area contributed by atoms with Crippen molar-refractivity contribution in [2.75, 3.05) is 5.73 Å². The van der Waals surface area contributed by atoms with Gasteiger partial charge in [0.2, 0.25) is 11.6 Å². The number of rotatable bonds is 2. The normalized spacial score (nSPS) is 10.5. The van der Waals surface area contributed by atoms with Crippen LogP contribution in [0.3, 0.4) is 0 Å². The molecule has 2 heterocycles. The highest BCUT2D eigenvalue weighted by molar-refractivity contribution is 5.84. The molecule has 0 saturated heterocycles. The molecule has 78 valence electrons. The molecule has 0 bridgehead atoms. The molecule has 0 spiro atoms. The number of aromatic nitrogens is 5. The fourth-order valence-corrected chi connectivity index (χ4v) is 1.06. The van der Waals surface area contributed by atoms with Crippen molar-refractivity contribution in [2.45, 2.75) is 6.92 Å². The lowest BCUT2D eigenvalue weighted by Crippen LogP contribution is -2.23. The number of carbonyl (C=O) groups excluding carboxylic acids is 1. The number of nitrogens with two attached hydrogens (primary N) is 1. The van der Waals surface area contributed by atoms with Gasteiger partial charge in [-0.15, -0.1) is 5.10 Å². The lowest BCUT2D eigenvalue weighted by Gasteiger charge is -1.99. The molecule has 2 aromatic rings. The molecule has 0 aliphatic rings. The first-order chi connectivity index (χ1) is 7.11. The zero-order valence-corrected chi connectivity index (χ0v) is 7.54. The first-order valence-corrected chi connectivity index (χ1v) is 3.83. The third-order valence-corrected chi connectivity index (χ3v) is 1.78. The van der Waals surface area contributed by atoms with Crippen LogP contribution < -0.4 is 10.8 Å². The van der Waals surface area contributed by atoms with Crippen molar-refractivity contribution in [3.05, 3.63) is 11.4 Å². The predicted octanol–water partition coefficient (Wildman–Crippen LogP) is -2.10. The molecule has 0 saturated carbocycles. The summed E-state index contributed by atoms with van der Waals surface area (Å²) in [5, 5.41) is 24.3. The summed E-state index contributed by atoms with van der Waals surface area (Å²) >= 11 is 0. The SMILES string of the molecule is Cc1c(C(=O)[O-])nnn1-c1nonc1N. The van der Waals surface area contributed by atoms with E-state index >= 15 is 0 Å². The fraction of sp³-hybridized carbons (Fsp3) is 0.167. The molecule has 0 unspecified atom stereocenters. The molecular formula is C6H5N6O3-. The molecule has 0 aromatic carbocycles. The van der Waals surface area contributed by atoms with E-state index in [4.69, 9.17) is 5.73 Å². The summed E-state index contributed by atoms with van der Waals surface area (Å²) in [5.41, 5.74) is 5.36. The zero-order chi connectivity index (χ0) is 11.0. The van der Waals surface area contributed by atoms with Crippen molar-refractivity contribution < 1.29 is 14.5 Å². The number of aromatic carboxylic acids is 1. The van der Waals surface area contributed by atoms with E-state index in [1.54, 1.807) is 0 Å². The predicted molar refractivity (Wildman–Crippen MR) is 42.7 cm³/mol. The number of carbonyl (C=O) groups is 1. The smallest absolute Gasteiger partial charge is 0.243 e. The Kier molecular flexibility index (Phi) is 1.85. The van der Waals surface area contributed by atoms with Crippen LogP contribution in [-0.4, -0.2) is 31.3 Å². The van der Waals surface area contributed by atoms with E-state index in [9.17, 15) is 9.90 Å². The number of hydrogen-bond donors (Lipinski definition) is 1. The third kappa shape index (κ3) is 1.29. The molecule has 0 radical (unpaired) electrons. The Bertz CT molecular complexity index is 515. The highest BCUT2D eigenvalue weighted by atomic mass is 16.6. The summed E-state index contributed by atoms with van der Waals surface area (Å²) in [6.45, 7) is 1.49. The van der Waals surface area contributed by atoms with E-state index in [1.165, 1.54) is 6.92 Å². The Labute approximate surface area is 82.4 Å². The fourth-order valence-electron chi connectivity index (χ4n) is 1.06. The first-order valence-electron chi connectivity index (χ1n) is 3.83. The average Bonchev–Trinajstić information content (AvgIpc) is 2.71. The number of anilines is 1. The Morgan fingerprint density at radius 3 is 2.73 bits per heavy atom. The molecule has 2 aromatic heterocycles. The molecule has 2 N–H and O–H groups in total. The maximum absolute atomic E-state index is 10.6. The number of carboxylic acid groups (broad SMARTS) is 1. The highest BCUT2D eigenvalue weighted by Crippen LogP contribution is 2.13. The monoisotopic (exact) mass is 209 g/mol. The van der Waals surface area contributed by atoms with Crippen molar-refractivity contribution in [3.8, 4) is 5.82 Å². The van der Waals surface area contributed by atoms with Gasteiger partial charge in [-0.25, -0.2) is 4.63 Å². The van der Waals surface area contributed by atoms with Crippen molar-refractivity contribution in [1.82, 2.24) is 25.3 Å². The first kappa shape index (κ1) is 9.12. The van der Waals surface area contributed by atoms with E-state index in [-0.39, 0.29) is 23.0 Å². The molecule has 0 amide bonds. The van der Waals surface area contributed by atoms with Crippen LogP contribution in [-0.2, 0) is 0 Å². The number of nitrogens with zero attached hydrogens (tertiary/aromatic N) is 5. The van der Waals surface area contributed by atoms with E-state index < -0.39 is 5.97 Å². The minimum absolute atomic E-state index is 0.00658. The van der Waals surface area contributed by atoms with Crippen molar-refractivity contribution in [3.63, 3.8) is 0 Å². The van der Waals surface area contributed by atoms with Crippen LogP contribution in [0.1, 0.15) is 16.2 Å². The maximum atomic E-state index is 10.6. The van der Waals surface area contributed by atoms with Gasteiger partial charge >= 0.3 is 0 Å². The van der Waals surface area contributed by atoms with Gasteiger partial charge in [-0.05, 0) is 17.2 Å². The third-order valence-electron chi connectivity index (χ3n) is 1.78. The second-order valence-corrected chi connectivity index (χ2v) is 2.70. The summed E-state index contributed by atoms with van der Waals surface area (Å²) in [6, 6.07) is 0. The Morgan fingerprint density at radius 2 is 2.27 bits per heavy atom. The van der Waals surface area contributed by atoms with Gasteiger partial charge in [-0.3, -0.25) is 0 Å². The largest absolute Gasteiger partial charge is 0.543 e. The summed E-state index contributed by atoms with van der Waals surface area (Å²) in [6.07, 6.45) is 0. The Hall–Kier alpha value is -2.45. The van der Waals surface area contributed by atoms with Crippen molar-refractivity contribution in [2.24, 2.45) is 0 Å². The molecule has 9 heteroatoms. The number of hydrogen-bond acceptors (Lipinski definition) is 8. The Morgan fingerprint density at radius 1 is 1.53 bits per heavy atom. The summed E-state index contributed by atoms with van der Waals surface area (Å²) in [7, 11) is 0. The van der Waals surface area contributed by atoms with E-state index in [1.807, 2.05) is 0 Å². The van der Waals surface area contributed by atoms with E-state index in [0.29, 0.717) is 0 Å². The van der Waals surface area contributed by atoms with Crippen LogP contribution in [0.5, 0.6) is 0 Å². The van der Waals surface area contributed by atoms with Gasteiger partial charge in [0.15, 0.2) is 0 Å². The van der Waals surface area contributed by atoms with Crippen LogP contribution >= 0.6 is 0 Å². The van der Waals surface area contributed by atoms with E-state index in [0.717, 1.165) is 4.68 Å². The van der Waals surface area contributed by atoms with Crippen LogP contribution in [0.4, 0.5) is 5.82 Å². The second-order valence-electron chi connectivity index (χ2n) is 2.70. The average molecular weight is 209 g/mol. The van der Waals surface area contributed by atoms with Gasteiger partial charge in [0, 0.05) is 0 Å². The topological polar surface area (TPSA) is 136 Å². The maximum Gasteiger partial charge on any atom is 0.243 e. The van der Waals surface area contributed by atoms with Gasteiger partial charge in [-0.1, -0.05) is 5.21 Å². The van der Waals surface area contributed by atoms with Crippen LogP contribution in [0.15, 0.2) is 4.63 Å². The molecule has 0 atom stereocenters. The summed E-state index contributed by atoms with van der Waals surface area (Å²) in [4.78, 5) is 10.6. The molecule has 9 nitrogen and oxygen atoms in total. The Balaban J connectivity index is 2.56. The van der Waals surface area contributed by atoms with Crippen LogP contribution in [0, 0.1) is 6.92 Å². The van der Waals surface area contributed by atoms with Crippen LogP contribution in [0.25, 0.3) is 5.82 Å². The minimum atomic E-state index is -1.42. The molecule has 0 aliphatic heterocycles. The van der Waals surface area contributed by atoms with Crippen molar-refractivity contribution in [1.29, 1.82) is 0 Å². The van der Waals surface area contributed by atoms with Gasteiger partial charge in [0.25, 0.3) is 0 Å². The quantitative estimate of drug-likeness (QED) is 0.594. The summed E-state index contributed by atoms with van der Waals surface area (Å²) in [5.74, 6) is -1.34. The lowest BCUT2D eigenvalue weighted by atomic mass is 10.3. The zero-order valence-electron chi connectivity index (χ0n) is 7.54. The number of nitrogen functional groups attached to an aromatic ring is 1. The van der Waals surface area contributed by atoms with Gasteiger partial charge in [0.1, 0.15) is 5.69 Å². The second kappa shape index (κ2) is 3.04. The molecule has 0 fully saturated rings. The minimum Gasteiger partial charge on any atom is -0.543 e. The molecule has 2 rings (SSSR count).